The van der Waals surface area contributed by atoms with Gasteiger partial charge in [0, 0.05) is 22.1 Å². The molecule has 0 radical (unpaired) electrons. The first-order valence-corrected chi connectivity index (χ1v) is 19.4. The van der Waals surface area contributed by atoms with E-state index in [1.807, 2.05) is 0 Å². The maximum atomic E-state index is 2.51. The van der Waals surface area contributed by atoms with Crippen LogP contribution in [0.15, 0.2) is 200 Å². The molecule has 0 unspecified atom stereocenters. The molecular formula is C54H39N. The predicted octanol–water partition coefficient (Wildman–Crippen LogP) is 14.1. The maximum absolute atomic E-state index is 2.51. The number of fused-ring (bicyclic) bond motifs is 11. The minimum Gasteiger partial charge on any atom is -0.309 e. The lowest BCUT2D eigenvalue weighted by Crippen LogP contribution is -2.40. The van der Waals surface area contributed by atoms with Crippen LogP contribution in [0.4, 0.5) is 17.1 Å². The average molecular weight is 702 g/mol. The second-order valence-corrected chi connectivity index (χ2v) is 15.6. The van der Waals surface area contributed by atoms with E-state index in [1.54, 1.807) is 0 Å². The summed E-state index contributed by atoms with van der Waals surface area (Å²) in [6.45, 7) is 4.78. The van der Waals surface area contributed by atoms with Gasteiger partial charge in [-0.3, -0.25) is 0 Å². The van der Waals surface area contributed by atoms with E-state index in [2.05, 4.69) is 219 Å². The Balaban J connectivity index is 1.20. The molecule has 0 saturated carbocycles. The van der Waals surface area contributed by atoms with E-state index < -0.39 is 5.41 Å². The Hall–Kier alpha value is -6.70. The van der Waals surface area contributed by atoms with Crippen molar-refractivity contribution in [1.29, 1.82) is 0 Å². The Kier molecular flexibility index (Phi) is 6.88. The number of benzene rings is 9. The minimum atomic E-state index is -0.465. The largest absolute Gasteiger partial charge is 0.309 e. The maximum Gasteiger partial charge on any atom is 0.0720 e. The van der Waals surface area contributed by atoms with Gasteiger partial charge in [0.25, 0.3) is 0 Å². The zero-order chi connectivity index (χ0) is 36.7. The summed E-state index contributed by atoms with van der Waals surface area (Å²) in [6.07, 6.45) is 0. The van der Waals surface area contributed by atoms with Crippen LogP contribution in [0.25, 0.3) is 43.8 Å². The summed E-state index contributed by atoms with van der Waals surface area (Å²) < 4.78 is 0. The number of hydrogen-bond donors (Lipinski definition) is 0. The third-order valence-electron chi connectivity index (χ3n) is 12.5. The van der Waals surface area contributed by atoms with Crippen LogP contribution in [0.1, 0.15) is 47.2 Å². The van der Waals surface area contributed by atoms with Gasteiger partial charge in [0.05, 0.1) is 16.8 Å². The molecule has 2 aliphatic carbocycles. The topological polar surface area (TPSA) is 3.24 Å². The molecule has 0 aliphatic heterocycles. The van der Waals surface area contributed by atoms with E-state index >= 15 is 0 Å². The highest BCUT2D eigenvalue weighted by Crippen LogP contribution is 2.64. The van der Waals surface area contributed by atoms with Crippen LogP contribution in [0.5, 0.6) is 0 Å². The van der Waals surface area contributed by atoms with Gasteiger partial charge in [-0.05, 0) is 90.5 Å². The third-order valence-corrected chi connectivity index (χ3v) is 12.5. The molecule has 1 heteroatoms. The number of nitrogens with zero attached hydrogens (tertiary/aromatic N) is 1. The Labute approximate surface area is 322 Å². The standard InChI is InChI=1S/C54H39N/c1-53(2)45-25-9-11-27-47(45)54(48-28-12-10-26-46(48)53)44-24-8-7-22-43(44)52-49(54)29-15-31-51(52)55(50-30-14-19-37-17-4-6-21-42(37)50)39-34-32-38(33-35-39)41-23-13-18-36-16-3-5-20-40(36)41/h3-35H,1-2H3. The van der Waals surface area contributed by atoms with E-state index in [4.69, 9.17) is 0 Å². The summed E-state index contributed by atoms with van der Waals surface area (Å²) in [5, 5.41) is 4.96. The average Bonchev–Trinajstić information content (AvgIpc) is 3.55. The molecular weight excluding hydrogens is 663 g/mol. The molecule has 0 bridgehead atoms. The predicted molar refractivity (Wildman–Crippen MR) is 231 cm³/mol. The Morgan fingerprint density at radius 3 is 1.53 bits per heavy atom. The number of hydrogen-bond acceptors (Lipinski definition) is 1. The molecule has 260 valence electrons. The third kappa shape index (κ3) is 4.41. The summed E-state index contributed by atoms with van der Waals surface area (Å²) in [4.78, 5) is 2.51. The zero-order valence-corrected chi connectivity index (χ0v) is 31.0. The second kappa shape index (κ2) is 11.9. The van der Waals surface area contributed by atoms with Crippen LogP contribution >= 0.6 is 0 Å². The molecule has 0 N–H and O–H groups in total. The Morgan fingerprint density at radius 2 is 0.818 bits per heavy atom. The normalized spacial score (nSPS) is 14.3. The monoisotopic (exact) mass is 701 g/mol. The lowest BCUT2D eigenvalue weighted by Gasteiger charge is -2.46. The molecule has 0 amide bonds. The van der Waals surface area contributed by atoms with Gasteiger partial charge in [0.15, 0.2) is 0 Å². The van der Waals surface area contributed by atoms with Crippen molar-refractivity contribution in [2.24, 2.45) is 0 Å². The van der Waals surface area contributed by atoms with Crippen LogP contribution in [0.2, 0.25) is 0 Å². The molecule has 2 aliphatic rings. The van der Waals surface area contributed by atoms with Gasteiger partial charge < -0.3 is 4.90 Å². The lowest BCUT2D eigenvalue weighted by atomic mass is 9.55. The number of anilines is 3. The highest BCUT2D eigenvalue weighted by atomic mass is 15.1. The summed E-state index contributed by atoms with van der Waals surface area (Å²) in [5.74, 6) is 0. The van der Waals surface area contributed by atoms with E-state index in [-0.39, 0.29) is 5.41 Å². The van der Waals surface area contributed by atoms with Gasteiger partial charge in [-0.25, -0.2) is 0 Å². The molecule has 9 aromatic rings. The molecule has 9 aromatic carbocycles. The summed E-state index contributed by atoms with van der Waals surface area (Å²) in [5.41, 5.74) is 16.1. The smallest absolute Gasteiger partial charge is 0.0720 e. The van der Waals surface area contributed by atoms with Gasteiger partial charge in [-0.2, -0.15) is 0 Å². The minimum absolute atomic E-state index is 0.144. The first-order valence-electron chi connectivity index (χ1n) is 19.4. The molecule has 1 spiro atoms. The highest BCUT2D eigenvalue weighted by molar-refractivity contribution is 6.04. The van der Waals surface area contributed by atoms with Crippen LogP contribution < -0.4 is 4.90 Å². The number of rotatable bonds is 4. The fourth-order valence-electron chi connectivity index (χ4n) is 10.2. The summed E-state index contributed by atoms with van der Waals surface area (Å²) in [7, 11) is 0. The first kappa shape index (κ1) is 31.8. The molecule has 0 saturated heterocycles. The zero-order valence-electron chi connectivity index (χ0n) is 31.0. The molecule has 0 aromatic heterocycles. The molecule has 0 heterocycles. The van der Waals surface area contributed by atoms with Crippen molar-refractivity contribution in [3.8, 4) is 22.3 Å². The van der Waals surface area contributed by atoms with E-state index in [1.165, 1.54) is 82.9 Å². The van der Waals surface area contributed by atoms with Gasteiger partial charge in [-0.15, -0.1) is 0 Å². The van der Waals surface area contributed by atoms with Crippen LogP contribution in [-0.4, -0.2) is 0 Å². The quantitative estimate of drug-likeness (QED) is 0.177. The second-order valence-electron chi connectivity index (χ2n) is 15.6. The van der Waals surface area contributed by atoms with Gasteiger partial charge in [-0.1, -0.05) is 190 Å². The molecule has 0 fully saturated rings. The van der Waals surface area contributed by atoms with Crippen molar-refractivity contribution in [3.63, 3.8) is 0 Å². The summed E-state index contributed by atoms with van der Waals surface area (Å²) in [6, 6.07) is 74.5. The van der Waals surface area contributed by atoms with Gasteiger partial charge >= 0.3 is 0 Å². The lowest BCUT2D eigenvalue weighted by molar-refractivity contribution is 0.563. The van der Waals surface area contributed by atoms with Crippen molar-refractivity contribution in [3.05, 3.63) is 234 Å². The van der Waals surface area contributed by atoms with Crippen molar-refractivity contribution >= 4 is 38.6 Å². The first-order chi connectivity index (χ1) is 27.1. The van der Waals surface area contributed by atoms with Crippen molar-refractivity contribution in [2.45, 2.75) is 24.7 Å². The van der Waals surface area contributed by atoms with Crippen molar-refractivity contribution < 1.29 is 0 Å². The fourth-order valence-corrected chi connectivity index (χ4v) is 10.2. The Morgan fingerprint density at radius 1 is 0.345 bits per heavy atom. The molecule has 55 heavy (non-hydrogen) atoms. The Bertz CT molecular complexity index is 2910. The van der Waals surface area contributed by atoms with E-state index in [9.17, 15) is 0 Å². The molecule has 11 rings (SSSR count). The molecule has 1 nitrogen and oxygen atoms in total. The molecule has 0 atom stereocenters. The fraction of sp³-hybridized carbons (Fsp3) is 0.0741. The van der Waals surface area contributed by atoms with Gasteiger partial charge in [0.2, 0.25) is 0 Å². The van der Waals surface area contributed by atoms with Crippen LogP contribution in [0.3, 0.4) is 0 Å². The van der Waals surface area contributed by atoms with Crippen molar-refractivity contribution in [1.82, 2.24) is 0 Å². The van der Waals surface area contributed by atoms with Crippen molar-refractivity contribution in [2.75, 3.05) is 4.90 Å². The van der Waals surface area contributed by atoms with Crippen LogP contribution in [0, 0.1) is 0 Å². The SMILES string of the molecule is CC1(C)c2ccccc2C2(c3ccccc3-c3c(N(c4ccc(-c5cccc6ccccc56)cc4)c4cccc5ccccc45)cccc32)c2ccccc21. The van der Waals surface area contributed by atoms with E-state index in [0.717, 1.165) is 11.4 Å². The van der Waals surface area contributed by atoms with Gasteiger partial charge in [0.1, 0.15) is 0 Å². The highest BCUT2D eigenvalue weighted by Gasteiger charge is 2.53. The van der Waals surface area contributed by atoms with E-state index in [0.29, 0.717) is 0 Å². The summed E-state index contributed by atoms with van der Waals surface area (Å²) >= 11 is 0. The van der Waals surface area contributed by atoms with Crippen LogP contribution in [-0.2, 0) is 10.8 Å².